The third kappa shape index (κ3) is 2.18. The quantitative estimate of drug-likeness (QED) is 0.855. The lowest BCUT2D eigenvalue weighted by Gasteiger charge is -2.16. The number of fused-ring (bicyclic) bond motifs is 1. The summed E-state index contributed by atoms with van der Waals surface area (Å²) in [4.78, 5) is 27.7. The van der Waals surface area contributed by atoms with E-state index < -0.39 is 5.41 Å². The Hall–Kier alpha value is -1.98. The van der Waals surface area contributed by atoms with E-state index in [2.05, 4.69) is 15.2 Å². The molecule has 0 saturated carbocycles. The highest BCUT2D eigenvalue weighted by Gasteiger charge is 2.22. The Balaban J connectivity index is 2.42. The minimum atomic E-state index is -0.396. The van der Waals surface area contributed by atoms with Crippen LogP contribution in [0.4, 0.5) is 0 Å². The number of aryl methyl sites for hydroxylation is 1. The van der Waals surface area contributed by atoms with Crippen LogP contribution in [0.3, 0.4) is 0 Å². The molecule has 0 saturated heterocycles. The Morgan fingerprint density at radius 2 is 2.11 bits per heavy atom. The van der Waals surface area contributed by atoms with Crippen molar-refractivity contribution in [3.63, 3.8) is 0 Å². The monoisotopic (exact) mass is 248 g/mol. The number of aromatic nitrogens is 4. The lowest BCUT2D eigenvalue weighted by molar-refractivity contribution is -0.125. The summed E-state index contributed by atoms with van der Waals surface area (Å²) in [6.07, 6.45) is 0.252. The summed E-state index contributed by atoms with van der Waals surface area (Å²) in [5.74, 6) is 0.639. The van der Waals surface area contributed by atoms with Gasteiger partial charge in [-0.3, -0.25) is 4.79 Å². The molecule has 2 aromatic rings. The first kappa shape index (κ1) is 12.5. The normalized spacial score (nSPS) is 12.0. The number of carbonyl (C=O) groups excluding carboxylic acids is 1. The van der Waals surface area contributed by atoms with Gasteiger partial charge in [0.1, 0.15) is 11.6 Å². The van der Waals surface area contributed by atoms with Gasteiger partial charge in [0.25, 0.3) is 0 Å². The summed E-state index contributed by atoms with van der Waals surface area (Å²) in [6.45, 7) is 7.34. The van der Waals surface area contributed by atoms with Gasteiger partial charge in [0, 0.05) is 17.9 Å². The highest BCUT2D eigenvalue weighted by molar-refractivity contribution is 5.85. The molecule has 0 spiro atoms. The highest BCUT2D eigenvalue weighted by Crippen LogP contribution is 2.17. The fraction of sp³-hybridized carbons (Fsp3) is 0.500. The lowest BCUT2D eigenvalue weighted by atomic mass is 9.88. The highest BCUT2D eigenvalue weighted by atomic mass is 16.1. The predicted octanol–water partition coefficient (Wildman–Crippen LogP) is 0.884. The van der Waals surface area contributed by atoms with Crippen LogP contribution in [-0.2, 0) is 11.2 Å². The zero-order valence-electron chi connectivity index (χ0n) is 10.9. The van der Waals surface area contributed by atoms with Gasteiger partial charge in [-0.15, -0.1) is 0 Å². The molecule has 0 aliphatic rings. The molecule has 2 rings (SSSR count). The average Bonchev–Trinajstić information content (AvgIpc) is 2.59. The molecule has 6 nitrogen and oxygen atoms in total. The summed E-state index contributed by atoms with van der Waals surface area (Å²) in [6, 6.07) is 1.66. The zero-order valence-corrected chi connectivity index (χ0v) is 10.9. The van der Waals surface area contributed by atoms with Crippen LogP contribution in [0.5, 0.6) is 0 Å². The topological polar surface area (TPSA) is 80.1 Å². The maximum atomic E-state index is 11.9. The molecule has 2 aromatic heterocycles. The smallest absolute Gasteiger partial charge is 0.299 e. The van der Waals surface area contributed by atoms with Crippen LogP contribution in [0.2, 0.25) is 0 Å². The minimum absolute atomic E-state index is 0.108. The van der Waals surface area contributed by atoms with Gasteiger partial charge >= 0.3 is 5.69 Å². The Labute approximate surface area is 104 Å². The van der Waals surface area contributed by atoms with E-state index in [0.29, 0.717) is 17.2 Å². The van der Waals surface area contributed by atoms with Crippen molar-refractivity contribution >= 4 is 11.4 Å². The first-order valence-electron chi connectivity index (χ1n) is 5.76. The largest absolute Gasteiger partial charge is 0.349 e. The lowest BCUT2D eigenvalue weighted by Crippen LogP contribution is -2.23. The van der Waals surface area contributed by atoms with Gasteiger partial charge in [-0.2, -0.15) is 5.10 Å². The molecule has 1 N–H and O–H groups in total. The van der Waals surface area contributed by atoms with Crippen LogP contribution in [0.15, 0.2) is 10.9 Å². The molecule has 0 aliphatic carbocycles. The number of Topliss-reactive ketones (excluding diaryl/α,β-unsaturated/α-hetero) is 1. The molecule has 0 bridgehead atoms. The Bertz CT molecular complexity index is 661. The van der Waals surface area contributed by atoms with E-state index in [4.69, 9.17) is 0 Å². The summed E-state index contributed by atoms with van der Waals surface area (Å²) >= 11 is 0. The number of hydrogen-bond donors (Lipinski definition) is 1. The molecule has 2 heterocycles. The van der Waals surface area contributed by atoms with Gasteiger partial charge in [-0.1, -0.05) is 20.8 Å². The molecule has 0 fully saturated rings. The summed E-state index contributed by atoms with van der Waals surface area (Å²) < 4.78 is 1.38. The predicted molar refractivity (Wildman–Crippen MR) is 66.5 cm³/mol. The van der Waals surface area contributed by atoms with Crippen molar-refractivity contribution in [1.82, 2.24) is 19.6 Å². The van der Waals surface area contributed by atoms with E-state index in [9.17, 15) is 9.59 Å². The molecule has 0 atom stereocenters. The maximum absolute atomic E-state index is 11.9. The number of hydrogen-bond acceptors (Lipinski definition) is 4. The summed E-state index contributed by atoms with van der Waals surface area (Å²) in [7, 11) is 0. The Morgan fingerprint density at radius 3 is 2.72 bits per heavy atom. The molecule has 96 valence electrons. The van der Waals surface area contributed by atoms with E-state index in [-0.39, 0.29) is 17.9 Å². The average molecular weight is 248 g/mol. The van der Waals surface area contributed by atoms with E-state index in [1.807, 2.05) is 20.8 Å². The van der Waals surface area contributed by atoms with Crippen molar-refractivity contribution in [3.8, 4) is 0 Å². The number of ketones is 1. The van der Waals surface area contributed by atoms with Crippen LogP contribution >= 0.6 is 0 Å². The summed E-state index contributed by atoms with van der Waals surface area (Å²) in [5.41, 5.74) is 0.416. The Kier molecular flexibility index (Phi) is 2.80. The van der Waals surface area contributed by atoms with Crippen LogP contribution in [0, 0.1) is 12.3 Å². The van der Waals surface area contributed by atoms with Gasteiger partial charge in [0.15, 0.2) is 5.65 Å². The fourth-order valence-electron chi connectivity index (χ4n) is 1.68. The van der Waals surface area contributed by atoms with Crippen LogP contribution < -0.4 is 5.69 Å². The summed E-state index contributed by atoms with van der Waals surface area (Å²) in [5, 5.41) is 6.24. The van der Waals surface area contributed by atoms with Gasteiger partial charge in [0.05, 0.1) is 5.69 Å². The molecule has 18 heavy (non-hydrogen) atoms. The van der Waals surface area contributed by atoms with Crippen molar-refractivity contribution in [2.75, 3.05) is 0 Å². The second kappa shape index (κ2) is 4.04. The number of aromatic amines is 1. The van der Waals surface area contributed by atoms with Crippen molar-refractivity contribution in [3.05, 3.63) is 28.1 Å². The van der Waals surface area contributed by atoms with Crippen molar-refractivity contribution in [1.29, 1.82) is 0 Å². The van der Waals surface area contributed by atoms with Gasteiger partial charge in [-0.25, -0.2) is 19.3 Å². The zero-order chi connectivity index (χ0) is 13.5. The Morgan fingerprint density at radius 1 is 1.44 bits per heavy atom. The number of rotatable bonds is 2. The van der Waals surface area contributed by atoms with Crippen LogP contribution in [0.25, 0.3) is 5.65 Å². The first-order chi connectivity index (χ1) is 8.29. The molecule has 0 amide bonds. The standard InChI is InChI=1S/C12H16N4O2/c1-7-13-8(5-9(17)12(2,3)4)6-10-14-15-11(18)16(7)10/h6H,5H2,1-4H3,(H,15,18). The van der Waals surface area contributed by atoms with E-state index in [0.717, 1.165) is 0 Å². The van der Waals surface area contributed by atoms with Crippen LogP contribution in [-0.4, -0.2) is 25.4 Å². The van der Waals surface area contributed by atoms with Gasteiger partial charge in [0.2, 0.25) is 0 Å². The number of carbonyl (C=O) groups is 1. The molecule has 0 radical (unpaired) electrons. The van der Waals surface area contributed by atoms with Gasteiger partial charge < -0.3 is 0 Å². The molecule has 6 heteroatoms. The minimum Gasteiger partial charge on any atom is -0.299 e. The van der Waals surface area contributed by atoms with Crippen molar-refractivity contribution < 1.29 is 4.79 Å². The van der Waals surface area contributed by atoms with Crippen LogP contribution in [0.1, 0.15) is 32.3 Å². The van der Waals surface area contributed by atoms with Crippen molar-refractivity contribution in [2.24, 2.45) is 5.41 Å². The molecule has 0 aliphatic heterocycles. The second-order valence-electron chi connectivity index (χ2n) is 5.37. The number of nitrogens with one attached hydrogen (secondary N) is 1. The molecule has 0 aromatic carbocycles. The van der Waals surface area contributed by atoms with Gasteiger partial charge in [-0.05, 0) is 6.92 Å². The molecule has 0 unspecified atom stereocenters. The third-order valence-electron chi connectivity index (χ3n) is 2.80. The fourth-order valence-corrected chi connectivity index (χ4v) is 1.68. The number of nitrogens with zero attached hydrogens (tertiary/aromatic N) is 3. The second-order valence-corrected chi connectivity index (χ2v) is 5.37. The first-order valence-corrected chi connectivity index (χ1v) is 5.76. The molecular weight excluding hydrogens is 232 g/mol. The van der Waals surface area contributed by atoms with Crippen molar-refractivity contribution in [2.45, 2.75) is 34.1 Å². The van der Waals surface area contributed by atoms with E-state index >= 15 is 0 Å². The SMILES string of the molecule is Cc1nc(CC(=O)C(C)(C)C)cc2n[nH]c(=O)n12. The maximum Gasteiger partial charge on any atom is 0.349 e. The van der Waals surface area contributed by atoms with E-state index in [1.165, 1.54) is 4.40 Å². The molecular formula is C12H16N4O2. The number of H-pyrrole nitrogens is 1. The van der Waals surface area contributed by atoms with E-state index in [1.54, 1.807) is 13.0 Å². The third-order valence-corrected chi connectivity index (χ3v) is 2.80.